The van der Waals surface area contributed by atoms with Crippen molar-refractivity contribution in [2.45, 2.75) is 56.8 Å². The van der Waals surface area contributed by atoms with Gasteiger partial charge in [-0.15, -0.1) is 5.10 Å². The number of hydrogen-bond acceptors (Lipinski definition) is 6. The average Bonchev–Trinajstić information content (AvgIpc) is 3.25. The maximum atomic E-state index is 13.0. The summed E-state index contributed by atoms with van der Waals surface area (Å²) in [5.74, 6) is 2.70. The van der Waals surface area contributed by atoms with Crippen LogP contribution in [0, 0.1) is 0 Å². The van der Waals surface area contributed by atoms with E-state index in [-0.39, 0.29) is 11.8 Å². The summed E-state index contributed by atoms with van der Waals surface area (Å²) in [6.07, 6.45) is 4.59. The van der Waals surface area contributed by atoms with Crippen LogP contribution in [0.1, 0.15) is 56.2 Å². The maximum absolute atomic E-state index is 13.0. The fourth-order valence-electron chi connectivity index (χ4n) is 4.30. The molecule has 6 nitrogen and oxygen atoms in total. The van der Waals surface area contributed by atoms with E-state index in [2.05, 4.69) is 24.4 Å². The Balaban J connectivity index is 1.42. The second-order valence-corrected chi connectivity index (χ2v) is 9.47. The first-order valence-corrected chi connectivity index (χ1v) is 12.6. The molecular weight excluding hydrogens is 432 g/mol. The van der Waals surface area contributed by atoms with Crippen molar-refractivity contribution in [3.63, 3.8) is 0 Å². The summed E-state index contributed by atoms with van der Waals surface area (Å²) in [5.41, 5.74) is 3.96. The first-order chi connectivity index (χ1) is 16.2. The number of anilines is 1. The molecule has 2 aliphatic rings. The van der Waals surface area contributed by atoms with Gasteiger partial charge in [0.25, 0.3) is 0 Å². The van der Waals surface area contributed by atoms with Gasteiger partial charge < -0.3 is 10.1 Å². The fourth-order valence-corrected chi connectivity index (χ4v) is 5.21. The zero-order chi connectivity index (χ0) is 22.6. The van der Waals surface area contributed by atoms with Crippen LogP contribution < -0.4 is 10.1 Å². The van der Waals surface area contributed by atoms with Gasteiger partial charge in [0.2, 0.25) is 11.1 Å². The number of unbranched alkanes of at least 4 members (excludes halogenated alkanes) is 1. The number of ketones is 1. The Morgan fingerprint density at radius 3 is 2.73 bits per heavy atom. The van der Waals surface area contributed by atoms with Gasteiger partial charge in [0.15, 0.2) is 5.78 Å². The summed E-state index contributed by atoms with van der Waals surface area (Å²) in [6.45, 7) is 2.70. The summed E-state index contributed by atoms with van der Waals surface area (Å²) < 4.78 is 7.85. The van der Waals surface area contributed by atoms with Crippen LogP contribution in [0.2, 0.25) is 0 Å². The van der Waals surface area contributed by atoms with Crippen molar-refractivity contribution >= 4 is 23.5 Å². The van der Waals surface area contributed by atoms with Crippen molar-refractivity contribution < 1.29 is 9.53 Å². The molecule has 0 fully saturated rings. The molecule has 2 heterocycles. The lowest BCUT2D eigenvalue weighted by Gasteiger charge is -2.32. The van der Waals surface area contributed by atoms with E-state index < -0.39 is 0 Å². The van der Waals surface area contributed by atoms with E-state index >= 15 is 0 Å². The summed E-state index contributed by atoms with van der Waals surface area (Å²) in [4.78, 5) is 17.7. The second-order valence-electron chi connectivity index (χ2n) is 8.40. The normalized spacial score (nSPS) is 17.4. The molecule has 0 saturated carbocycles. The van der Waals surface area contributed by atoms with Crippen molar-refractivity contribution in [3.8, 4) is 5.75 Å². The zero-order valence-corrected chi connectivity index (χ0v) is 19.6. The molecule has 3 aromatic rings. The number of allylic oxidation sites excluding steroid dienone is 2. The summed E-state index contributed by atoms with van der Waals surface area (Å²) in [6, 6.07) is 17.9. The number of ether oxygens (including phenoxy) is 1. The molecule has 0 amide bonds. The smallest absolute Gasteiger partial charge is 0.227 e. The lowest BCUT2D eigenvalue weighted by molar-refractivity contribution is -0.116. The van der Waals surface area contributed by atoms with E-state index in [1.807, 2.05) is 47.1 Å². The van der Waals surface area contributed by atoms with Crippen molar-refractivity contribution in [1.29, 1.82) is 0 Å². The van der Waals surface area contributed by atoms with Gasteiger partial charge >= 0.3 is 0 Å². The van der Waals surface area contributed by atoms with Crippen LogP contribution in [0.3, 0.4) is 0 Å². The van der Waals surface area contributed by atoms with Gasteiger partial charge in [-0.25, -0.2) is 4.68 Å². The third kappa shape index (κ3) is 4.69. The summed E-state index contributed by atoms with van der Waals surface area (Å²) in [5, 5.41) is 8.95. The maximum Gasteiger partial charge on any atom is 0.227 e. The van der Waals surface area contributed by atoms with Crippen LogP contribution in [-0.4, -0.2) is 26.3 Å². The Morgan fingerprint density at radius 1 is 1.12 bits per heavy atom. The molecule has 0 radical (unpaired) electrons. The van der Waals surface area contributed by atoms with E-state index in [9.17, 15) is 4.79 Å². The van der Waals surface area contributed by atoms with Crippen LogP contribution >= 0.6 is 11.8 Å². The molecule has 1 unspecified atom stereocenters. The Bertz CT molecular complexity index is 1150. The summed E-state index contributed by atoms with van der Waals surface area (Å²) in [7, 11) is 0. The van der Waals surface area contributed by atoms with E-state index in [1.165, 1.54) is 0 Å². The Hall–Kier alpha value is -3.06. The van der Waals surface area contributed by atoms with Gasteiger partial charge in [-0.2, -0.15) is 4.98 Å². The zero-order valence-electron chi connectivity index (χ0n) is 18.8. The van der Waals surface area contributed by atoms with Gasteiger partial charge in [0, 0.05) is 23.4 Å². The van der Waals surface area contributed by atoms with Crippen molar-refractivity contribution in [1.82, 2.24) is 14.8 Å². The molecule has 0 spiro atoms. The molecule has 1 aromatic heterocycles. The number of nitrogens with one attached hydrogen (secondary N) is 1. The van der Waals surface area contributed by atoms with Gasteiger partial charge in [0.1, 0.15) is 18.4 Å². The number of Topliss-reactive ketones (excluding diaryl/α,β-unsaturated/α-hetero) is 1. The van der Waals surface area contributed by atoms with Gasteiger partial charge in [0.05, 0.1) is 0 Å². The molecule has 7 heteroatoms. The standard InChI is InChI=1S/C26H28N4O2S/c1-2-3-16-33-26-28-25-27-21-10-7-11-22(31)23(21)24(30(25)29-26)19-12-14-20(15-13-19)32-17-18-8-5-4-6-9-18/h4-6,8-9,12-15,24H,2-3,7,10-11,16-17H2,1H3,(H,27,28,29). The van der Waals surface area contributed by atoms with Crippen LogP contribution in [-0.2, 0) is 11.4 Å². The molecule has 5 rings (SSSR count). The minimum Gasteiger partial charge on any atom is -0.489 e. The molecule has 1 aliphatic heterocycles. The van der Waals surface area contributed by atoms with E-state index in [1.54, 1.807) is 11.8 Å². The number of rotatable bonds is 8. The highest BCUT2D eigenvalue weighted by molar-refractivity contribution is 7.99. The lowest BCUT2D eigenvalue weighted by Crippen LogP contribution is -2.31. The topological polar surface area (TPSA) is 69.0 Å². The van der Waals surface area contributed by atoms with Crippen molar-refractivity contribution in [3.05, 3.63) is 77.0 Å². The average molecular weight is 461 g/mol. The summed E-state index contributed by atoms with van der Waals surface area (Å²) >= 11 is 1.67. The minimum absolute atomic E-state index is 0.194. The molecule has 170 valence electrons. The van der Waals surface area contributed by atoms with E-state index in [0.717, 1.165) is 70.7 Å². The fraction of sp³-hybridized carbons (Fsp3) is 0.346. The first-order valence-electron chi connectivity index (χ1n) is 11.6. The number of thioether (sulfide) groups is 1. The largest absolute Gasteiger partial charge is 0.489 e. The first kappa shape index (κ1) is 21.8. The number of hydrogen-bond donors (Lipinski definition) is 1. The Labute approximate surface area is 198 Å². The third-order valence-corrected chi connectivity index (χ3v) is 6.95. The van der Waals surface area contributed by atoms with Gasteiger partial charge in [-0.05, 0) is 42.5 Å². The van der Waals surface area contributed by atoms with Crippen molar-refractivity contribution in [2.75, 3.05) is 11.1 Å². The van der Waals surface area contributed by atoms with E-state index in [4.69, 9.17) is 14.8 Å². The molecule has 1 N–H and O–H groups in total. The number of aromatic nitrogens is 3. The highest BCUT2D eigenvalue weighted by atomic mass is 32.2. The van der Waals surface area contributed by atoms with Crippen LogP contribution in [0.4, 0.5) is 5.95 Å². The SMILES string of the molecule is CCCCSc1nc2n(n1)C(c1ccc(OCc3ccccc3)cc1)C1=C(CCCC1=O)N2. The number of benzene rings is 2. The third-order valence-electron chi connectivity index (χ3n) is 6.02. The molecule has 0 saturated heterocycles. The highest BCUT2D eigenvalue weighted by Gasteiger charge is 2.36. The Morgan fingerprint density at radius 2 is 1.94 bits per heavy atom. The lowest BCUT2D eigenvalue weighted by atomic mass is 9.85. The predicted molar refractivity (Wildman–Crippen MR) is 131 cm³/mol. The van der Waals surface area contributed by atoms with Crippen LogP contribution in [0.15, 0.2) is 71.0 Å². The molecule has 1 aliphatic carbocycles. The van der Waals surface area contributed by atoms with Crippen LogP contribution in [0.5, 0.6) is 5.75 Å². The number of nitrogens with zero attached hydrogens (tertiary/aromatic N) is 3. The number of carbonyl (C=O) groups excluding carboxylic acids is 1. The monoisotopic (exact) mass is 460 g/mol. The van der Waals surface area contributed by atoms with E-state index in [0.29, 0.717) is 13.0 Å². The van der Waals surface area contributed by atoms with Gasteiger partial charge in [-0.1, -0.05) is 67.6 Å². The molecular formula is C26H28N4O2S. The van der Waals surface area contributed by atoms with Gasteiger partial charge in [-0.3, -0.25) is 4.79 Å². The number of fused-ring (bicyclic) bond motifs is 1. The molecule has 0 bridgehead atoms. The predicted octanol–water partition coefficient (Wildman–Crippen LogP) is 5.77. The molecule has 33 heavy (non-hydrogen) atoms. The van der Waals surface area contributed by atoms with Crippen molar-refractivity contribution in [2.24, 2.45) is 0 Å². The number of carbonyl (C=O) groups is 1. The highest BCUT2D eigenvalue weighted by Crippen LogP contribution is 2.40. The quantitative estimate of drug-likeness (QED) is 0.340. The second kappa shape index (κ2) is 9.83. The minimum atomic E-state index is -0.264. The van der Waals surface area contributed by atoms with Crippen LogP contribution in [0.25, 0.3) is 0 Å². The Kier molecular flexibility index (Phi) is 6.48. The molecule has 2 aromatic carbocycles. The molecule has 1 atom stereocenters.